The van der Waals surface area contributed by atoms with Gasteiger partial charge in [-0.1, -0.05) is 80.8 Å². The van der Waals surface area contributed by atoms with Crippen LogP contribution in [-0.4, -0.2) is 61.3 Å². The fourth-order valence-electron chi connectivity index (χ4n) is 6.29. The van der Waals surface area contributed by atoms with Crippen LogP contribution in [0.4, 0.5) is 0 Å². The van der Waals surface area contributed by atoms with E-state index in [-0.39, 0.29) is 0 Å². The van der Waals surface area contributed by atoms with Gasteiger partial charge >= 0.3 is 0 Å². The molecule has 0 radical (unpaired) electrons. The van der Waals surface area contributed by atoms with Crippen LogP contribution < -0.4 is 0 Å². The fourth-order valence-corrected chi connectivity index (χ4v) is 6.29. The SMILES string of the molecule is CCCC(Cc1cccc(C2CCCN(C(CCC)Cc3ccc(C)cc3)C2)c1)N1CCOCC1. The van der Waals surface area contributed by atoms with Crippen molar-refractivity contribution in [3.8, 4) is 0 Å². The molecule has 3 unspecified atom stereocenters. The molecule has 0 amide bonds. The van der Waals surface area contributed by atoms with E-state index >= 15 is 0 Å². The zero-order valence-corrected chi connectivity index (χ0v) is 22.6. The summed E-state index contributed by atoms with van der Waals surface area (Å²) in [5.74, 6) is 0.661. The molecule has 2 aliphatic heterocycles. The second-order valence-electron chi connectivity index (χ2n) is 11.0. The third-order valence-corrected chi connectivity index (χ3v) is 8.26. The molecule has 2 heterocycles. The van der Waals surface area contributed by atoms with E-state index < -0.39 is 0 Å². The Kier molecular flexibility index (Phi) is 10.2. The molecule has 2 saturated heterocycles. The summed E-state index contributed by atoms with van der Waals surface area (Å²) in [5, 5.41) is 0. The van der Waals surface area contributed by atoms with Crippen molar-refractivity contribution in [2.24, 2.45) is 0 Å². The lowest BCUT2D eigenvalue weighted by Gasteiger charge is -2.39. The first-order valence-electron chi connectivity index (χ1n) is 14.4. The first kappa shape index (κ1) is 26.4. The van der Waals surface area contributed by atoms with Gasteiger partial charge in [-0.3, -0.25) is 9.80 Å². The number of nitrogens with zero attached hydrogens (tertiary/aromatic N) is 2. The summed E-state index contributed by atoms with van der Waals surface area (Å²) in [7, 11) is 0. The number of morpholine rings is 1. The first-order valence-corrected chi connectivity index (χ1v) is 14.4. The summed E-state index contributed by atoms with van der Waals surface area (Å²) in [4.78, 5) is 5.49. The molecule has 2 fully saturated rings. The Hall–Kier alpha value is -1.68. The van der Waals surface area contributed by atoms with Gasteiger partial charge in [0, 0.05) is 31.7 Å². The van der Waals surface area contributed by atoms with Crippen LogP contribution in [0.5, 0.6) is 0 Å². The van der Waals surface area contributed by atoms with Crippen LogP contribution in [0, 0.1) is 6.92 Å². The molecule has 3 nitrogen and oxygen atoms in total. The van der Waals surface area contributed by atoms with Crippen LogP contribution in [-0.2, 0) is 17.6 Å². The molecule has 0 bridgehead atoms. The Morgan fingerprint density at radius 3 is 2.23 bits per heavy atom. The molecule has 3 atom stereocenters. The van der Waals surface area contributed by atoms with Crippen molar-refractivity contribution < 1.29 is 4.74 Å². The summed E-state index contributed by atoms with van der Waals surface area (Å²) < 4.78 is 5.62. The molecule has 3 heteroatoms. The quantitative estimate of drug-likeness (QED) is 0.362. The molecule has 2 aromatic rings. The van der Waals surface area contributed by atoms with Gasteiger partial charge in [0.25, 0.3) is 0 Å². The Labute approximate surface area is 214 Å². The van der Waals surface area contributed by atoms with Gasteiger partial charge < -0.3 is 4.74 Å². The fraction of sp³-hybridized carbons (Fsp3) is 0.625. The van der Waals surface area contributed by atoms with Gasteiger partial charge in [0.2, 0.25) is 0 Å². The van der Waals surface area contributed by atoms with Crippen LogP contribution in [0.1, 0.15) is 80.5 Å². The van der Waals surface area contributed by atoms with Gasteiger partial charge in [-0.25, -0.2) is 0 Å². The number of hydrogen-bond acceptors (Lipinski definition) is 3. The van der Waals surface area contributed by atoms with Gasteiger partial charge in [0.1, 0.15) is 0 Å². The summed E-state index contributed by atoms with van der Waals surface area (Å²) in [5.41, 5.74) is 5.93. The Morgan fingerprint density at radius 1 is 0.829 bits per heavy atom. The monoisotopic (exact) mass is 476 g/mol. The highest BCUT2D eigenvalue weighted by Crippen LogP contribution is 2.31. The lowest BCUT2D eigenvalue weighted by molar-refractivity contribution is 0.0146. The maximum Gasteiger partial charge on any atom is 0.0594 e. The van der Waals surface area contributed by atoms with Crippen LogP contribution >= 0.6 is 0 Å². The highest BCUT2D eigenvalue weighted by molar-refractivity contribution is 5.28. The number of aryl methyl sites for hydroxylation is 1. The number of likely N-dealkylation sites (tertiary alicyclic amines) is 1. The average Bonchev–Trinajstić information content (AvgIpc) is 2.90. The highest BCUT2D eigenvalue weighted by atomic mass is 16.5. The zero-order valence-electron chi connectivity index (χ0n) is 22.6. The normalized spacial score (nSPS) is 21.6. The van der Waals surface area contributed by atoms with Gasteiger partial charge in [-0.05, 0) is 74.6 Å². The number of hydrogen-bond donors (Lipinski definition) is 0. The van der Waals surface area contributed by atoms with Crippen LogP contribution in [0.15, 0.2) is 48.5 Å². The summed E-state index contributed by atoms with van der Waals surface area (Å²) >= 11 is 0. The maximum atomic E-state index is 5.62. The average molecular weight is 477 g/mol. The molecule has 2 aliphatic rings. The van der Waals surface area contributed by atoms with E-state index in [1.165, 1.54) is 81.1 Å². The second-order valence-corrected chi connectivity index (χ2v) is 11.0. The number of rotatable bonds is 11. The Morgan fingerprint density at radius 2 is 1.51 bits per heavy atom. The van der Waals surface area contributed by atoms with Gasteiger partial charge in [0.15, 0.2) is 0 Å². The summed E-state index contributed by atoms with van der Waals surface area (Å²) in [6.45, 7) is 13.3. The molecule has 0 saturated carbocycles. The van der Waals surface area contributed by atoms with Crippen molar-refractivity contribution in [1.82, 2.24) is 9.80 Å². The molecule has 192 valence electrons. The highest BCUT2D eigenvalue weighted by Gasteiger charge is 2.27. The minimum absolute atomic E-state index is 0.644. The van der Waals surface area contributed by atoms with E-state index in [4.69, 9.17) is 4.74 Å². The van der Waals surface area contributed by atoms with E-state index in [2.05, 4.69) is 79.1 Å². The van der Waals surface area contributed by atoms with Crippen molar-refractivity contribution in [2.45, 2.75) is 90.1 Å². The second kappa shape index (κ2) is 13.6. The lowest BCUT2D eigenvalue weighted by Crippen LogP contribution is -2.44. The standard InChI is InChI=1S/C32H48N2O/c1-4-8-31(33-18-20-35-21-19-33)24-28-10-6-11-29(22-28)30-12-7-17-34(25-30)32(9-5-2)23-27-15-13-26(3)14-16-27/h6,10-11,13-16,22,30-32H,4-5,7-9,12,17-21,23-25H2,1-3H3. The lowest BCUT2D eigenvalue weighted by atomic mass is 9.87. The third kappa shape index (κ3) is 7.65. The number of benzene rings is 2. The Bertz CT molecular complexity index is 873. The van der Waals surface area contributed by atoms with Crippen molar-refractivity contribution >= 4 is 0 Å². The van der Waals surface area contributed by atoms with E-state index in [9.17, 15) is 0 Å². The molecular weight excluding hydrogens is 428 g/mol. The van der Waals surface area contributed by atoms with Crippen LogP contribution in [0.25, 0.3) is 0 Å². The van der Waals surface area contributed by atoms with E-state index in [0.29, 0.717) is 18.0 Å². The number of ether oxygens (including phenoxy) is 1. The summed E-state index contributed by atoms with van der Waals surface area (Å²) in [6.07, 6.45) is 10.1. The van der Waals surface area contributed by atoms with Crippen molar-refractivity contribution in [1.29, 1.82) is 0 Å². The molecule has 35 heavy (non-hydrogen) atoms. The predicted octanol–water partition coefficient (Wildman–Crippen LogP) is 6.63. The molecule has 4 rings (SSSR count). The number of piperidine rings is 1. The van der Waals surface area contributed by atoms with Crippen molar-refractivity contribution in [3.63, 3.8) is 0 Å². The largest absolute Gasteiger partial charge is 0.379 e. The Balaban J connectivity index is 1.42. The third-order valence-electron chi connectivity index (χ3n) is 8.26. The summed E-state index contributed by atoms with van der Waals surface area (Å²) in [6, 6.07) is 20.1. The van der Waals surface area contributed by atoms with E-state index in [0.717, 1.165) is 26.3 Å². The molecule has 0 spiro atoms. The van der Waals surface area contributed by atoms with Crippen molar-refractivity contribution in [3.05, 3.63) is 70.8 Å². The van der Waals surface area contributed by atoms with Gasteiger partial charge in [-0.2, -0.15) is 0 Å². The van der Waals surface area contributed by atoms with E-state index in [1.54, 1.807) is 5.56 Å². The minimum Gasteiger partial charge on any atom is -0.379 e. The van der Waals surface area contributed by atoms with Gasteiger partial charge in [0.05, 0.1) is 13.2 Å². The molecule has 0 N–H and O–H groups in total. The zero-order chi connectivity index (χ0) is 24.5. The molecule has 0 aliphatic carbocycles. The smallest absolute Gasteiger partial charge is 0.0594 e. The molecule has 0 aromatic heterocycles. The first-order chi connectivity index (χ1) is 17.2. The predicted molar refractivity (Wildman–Crippen MR) is 148 cm³/mol. The minimum atomic E-state index is 0.644. The van der Waals surface area contributed by atoms with Gasteiger partial charge in [-0.15, -0.1) is 0 Å². The molecule has 2 aromatic carbocycles. The van der Waals surface area contributed by atoms with Crippen molar-refractivity contribution in [2.75, 3.05) is 39.4 Å². The maximum absolute atomic E-state index is 5.62. The van der Waals surface area contributed by atoms with Crippen LogP contribution in [0.2, 0.25) is 0 Å². The topological polar surface area (TPSA) is 15.7 Å². The molecular formula is C32H48N2O. The van der Waals surface area contributed by atoms with E-state index in [1.807, 2.05) is 0 Å². The van der Waals surface area contributed by atoms with Crippen LogP contribution in [0.3, 0.4) is 0 Å².